The lowest BCUT2D eigenvalue weighted by Gasteiger charge is -1.89. The van der Waals surface area contributed by atoms with Gasteiger partial charge in [0.2, 0.25) is 5.71 Å². The van der Waals surface area contributed by atoms with Gasteiger partial charge in [-0.1, -0.05) is 5.16 Å². The lowest BCUT2D eigenvalue weighted by molar-refractivity contribution is -0.129. The lowest BCUT2D eigenvalue weighted by atomic mass is 10.3. The Labute approximate surface area is 72.2 Å². The number of ether oxygens (including phenoxy) is 1. The molecular weight excluding hydrogens is 180 g/mol. The Hall–Kier alpha value is -2.05. The fourth-order valence-electron chi connectivity index (χ4n) is 0.664. The molecule has 0 unspecified atom stereocenters. The normalized spacial score (nSPS) is 11.3. The van der Waals surface area contributed by atoms with E-state index in [2.05, 4.69) is 19.6 Å². The Bertz CT molecular complexity index is 343. The Kier molecular flexibility index (Phi) is 2.48. The second kappa shape index (κ2) is 3.57. The van der Waals surface area contributed by atoms with E-state index in [9.17, 15) is 4.79 Å². The second-order valence-corrected chi connectivity index (χ2v) is 1.99. The molecule has 0 aromatic carbocycles. The van der Waals surface area contributed by atoms with Gasteiger partial charge >= 0.3 is 5.97 Å². The number of aromatic nitrogens is 1. The topological polar surface area (TPSA) is 105 Å². The van der Waals surface area contributed by atoms with Gasteiger partial charge in [-0.15, -0.1) is 0 Å². The van der Waals surface area contributed by atoms with Gasteiger partial charge in [0, 0.05) is 0 Å². The highest BCUT2D eigenvalue weighted by Crippen LogP contribution is 2.11. The van der Waals surface area contributed by atoms with Gasteiger partial charge in [0.15, 0.2) is 5.76 Å². The molecule has 1 rings (SSSR count). The van der Waals surface area contributed by atoms with Gasteiger partial charge < -0.3 is 19.6 Å². The van der Waals surface area contributed by atoms with E-state index in [4.69, 9.17) is 10.3 Å². The molecule has 0 radical (unpaired) electrons. The number of rotatable bonds is 3. The Morgan fingerprint density at radius 3 is 2.85 bits per heavy atom. The number of hydrogen-bond donors (Lipinski definition) is 2. The SMILES string of the molecule is COc1cc(/C(=N/O)C(=O)O)on1. The second-order valence-electron chi connectivity index (χ2n) is 1.99. The lowest BCUT2D eigenvalue weighted by Crippen LogP contribution is -2.13. The van der Waals surface area contributed by atoms with Crippen LogP contribution in [0.5, 0.6) is 5.88 Å². The van der Waals surface area contributed by atoms with E-state index in [1.165, 1.54) is 13.2 Å². The molecule has 0 aliphatic carbocycles. The molecule has 0 atom stereocenters. The van der Waals surface area contributed by atoms with Crippen LogP contribution in [-0.4, -0.2) is 34.3 Å². The fourth-order valence-corrected chi connectivity index (χ4v) is 0.664. The molecule has 0 saturated carbocycles. The highest BCUT2D eigenvalue weighted by atomic mass is 16.5. The number of carboxylic acids is 1. The quantitative estimate of drug-likeness (QED) is 0.389. The molecule has 13 heavy (non-hydrogen) atoms. The molecule has 1 aromatic rings. The van der Waals surface area contributed by atoms with Crippen molar-refractivity contribution in [3.05, 3.63) is 11.8 Å². The first kappa shape index (κ1) is 9.04. The summed E-state index contributed by atoms with van der Waals surface area (Å²) in [5, 5.41) is 22.7. The molecule has 1 heterocycles. The molecule has 7 nitrogen and oxygen atoms in total. The van der Waals surface area contributed by atoms with Gasteiger partial charge in [-0.05, 0) is 5.16 Å². The summed E-state index contributed by atoms with van der Waals surface area (Å²) < 4.78 is 9.16. The third kappa shape index (κ3) is 1.75. The maximum Gasteiger partial charge on any atom is 0.362 e. The van der Waals surface area contributed by atoms with E-state index in [1.54, 1.807) is 0 Å². The minimum absolute atomic E-state index is 0.109. The zero-order chi connectivity index (χ0) is 9.84. The van der Waals surface area contributed by atoms with Crippen molar-refractivity contribution in [3.63, 3.8) is 0 Å². The van der Waals surface area contributed by atoms with E-state index in [0.717, 1.165) is 0 Å². The van der Waals surface area contributed by atoms with Gasteiger partial charge in [0.05, 0.1) is 13.2 Å². The van der Waals surface area contributed by atoms with Crippen molar-refractivity contribution in [2.24, 2.45) is 5.16 Å². The molecule has 0 bridgehead atoms. The number of oxime groups is 1. The Morgan fingerprint density at radius 2 is 2.46 bits per heavy atom. The average molecular weight is 186 g/mol. The smallest absolute Gasteiger partial charge is 0.362 e. The van der Waals surface area contributed by atoms with E-state index in [0.29, 0.717) is 0 Å². The summed E-state index contributed by atoms with van der Waals surface area (Å²) in [5.41, 5.74) is -0.629. The third-order valence-electron chi connectivity index (χ3n) is 1.23. The zero-order valence-electron chi connectivity index (χ0n) is 6.59. The van der Waals surface area contributed by atoms with Crippen LogP contribution in [0.25, 0.3) is 0 Å². The van der Waals surface area contributed by atoms with Crippen molar-refractivity contribution < 1.29 is 24.4 Å². The summed E-state index contributed by atoms with van der Waals surface area (Å²) in [4.78, 5) is 10.4. The molecule has 0 amide bonds. The van der Waals surface area contributed by atoms with Crippen LogP contribution in [0.2, 0.25) is 0 Å². The number of carbonyl (C=O) groups is 1. The molecule has 70 valence electrons. The Balaban J connectivity index is 3.00. The predicted molar refractivity (Wildman–Crippen MR) is 39.0 cm³/mol. The van der Waals surface area contributed by atoms with Gasteiger partial charge in [0.25, 0.3) is 5.88 Å². The van der Waals surface area contributed by atoms with Crippen LogP contribution in [0.1, 0.15) is 5.76 Å². The van der Waals surface area contributed by atoms with Crippen LogP contribution >= 0.6 is 0 Å². The largest absolute Gasteiger partial charge is 0.479 e. The summed E-state index contributed by atoms with van der Waals surface area (Å²) in [6, 6.07) is 1.20. The highest BCUT2D eigenvalue weighted by Gasteiger charge is 2.19. The molecule has 0 fully saturated rings. The number of carboxylic acid groups (broad SMARTS) is 1. The van der Waals surface area contributed by atoms with Crippen molar-refractivity contribution in [3.8, 4) is 5.88 Å². The van der Waals surface area contributed by atoms with Crippen LogP contribution in [-0.2, 0) is 4.79 Å². The standard InChI is InChI=1S/C6H6N2O5/c1-12-4-2-3(13-8-4)5(7-11)6(9)10/h2,11H,1H3,(H,9,10)/b7-5-. The molecular formula is C6H6N2O5. The van der Waals surface area contributed by atoms with Crippen molar-refractivity contribution >= 4 is 11.7 Å². The van der Waals surface area contributed by atoms with Crippen molar-refractivity contribution in [1.82, 2.24) is 5.16 Å². The summed E-state index contributed by atoms with van der Waals surface area (Å²) in [7, 11) is 1.35. The number of methoxy groups -OCH3 is 1. The van der Waals surface area contributed by atoms with E-state index >= 15 is 0 Å². The molecule has 0 saturated heterocycles. The minimum Gasteiger partial charge on any atom is -0.479 e. The molecule has 7 heteroatoms. The molecule has 1 aromatic heterocycles. The molecule has 2 N–H and O–H groups in total. The third-order valence-corrected chi connectivity index (χ3v) is 1.23. The van der Waals surface area contributed by atoms with Crippen LogP contribution in [0.3, 0.4) is 0 Å². The van der Waals surface area contributed by atoms with E-state index in [-0.39, 0.29) is 11.6 Å². The van der Waals surface area contributed by atoms with Crippen LogP contribution < -0.4 is 4.74 Å². The molecule has 0 spiro atoms. The highest BCUT2D eigenvalue weighted by molar-refractivity contribution is 6.41. The summed E-state index contributed by atoms with van der Waals surface area (Å²) >= 11 is 0. The zero-order valence-corrected chi connectivity index (χ0v) is 6.59. The number of hydrogen-bond acceptors (Lipinski definition) is 6. The summed E-state index contributed by atoms with van der Waals surface area (Å²) in [6.45, 7) is 0. The first-order valence-electron chi connectivity index (χ1n) is 3.15. The van der Waals surface area contributed by atoms with Crippen LogP contribution in [0.15, 0.2) is 15.7 Å². The van der Waals surface area contributed by atoms with Gasteiger partial charge in [-0.25, -0.2) is 4.79 Å². The van der Waals surface area contributed by atoms with E-state index in [1.807, 2.05) is 0 Å². The summed E-state index contributed by atoms with van der Waals surface area (Å²) in [5.74, 6) is -1.48. The maximum atomic E-state index is 10.4. The van der Waals surface area contributed by atoms with Gasteiger partial charge in [-0.2, -0.15) is 0 Å². The monoisotopic (exact) mass is 186 g/mol. The average Bonchev–Trinajstić information content (AvgIpc) is 2.53. The van der Waals surface area contributed by atoms with Crippen molar-refractivity contribution in [2.45, 2.75) is 0 Å². The first-order valence-corrected chi connectivity index (χ1v) is 3.15. The maximum absolute atomic E-state index is 10.4. The van der Waals surface area contributed by atoms with Gasteiger partial charge in [-0.3, -0.25) is 0 Å². The molecule has 0 aliphatic heterocycles. The molecule has 0 aliphatic rings. The first-order chi connectivity index (χ1) is 6.19. The van der Waals surface area contributed by atoms with Crippen molar-refractivity contribution in [2.75, 3.05) is 7.11 Å². The Morgan fingerprint density at radius 1 is 1.77 bits per heavy atom. The van der Waals surface area contributed by atoms with Crippen LogP contribution in [0, 0.1) is 0 Å². The fraction of sp³-hybridized carbons (Fsp3) is 0.167. The minimum atomic E-state index is -1.42. The predicted octanol–water partition coefficient (Wildman–Crippen LogP) is -0.0539. The number of nitrogens with zero attached hydrogens (tertiary/aromatic N) is 2. The van der Waals surface area contributed by atoms with Crippen molar-refractivity contribution in [1.29, 1.82) is 0 Å². The van der Waals surface area contributed by atoms with Crippen LogP contribution in [0.4, 0.5) is 0 Å². The van der Waals surface area contributed by atoms with E-state index < -0.39 is 11.7 Å². The number of aliphatic carboxylic acids is 1. The van der Waals surface area contributed by atoms with Gasteiger partial charge in [0.1, 0.15) is 0 Å². The summed E-state index contributed by atoms with van der Waals surface area (Å²) in [6.07, 6.45) is 0.